The van der Waals surface area contributed by atoms with Gasteiger partial charge in [-0.15, -0.1) is 0 Å². The van der Waals surface area contributed by atoms with Crippen molar-refractivity contribution in [3.8, 4) is 0 Å². The quantitative estimate of drug-likeness (QED) is 0.744. The number of carboxylic acid groups (broad SMARTS) is 2. The molecule has 0 fully saturated rings. The maximum absolute atomic E-state index is 13.0. The zero-order valence-electron chi connectivity index (χ0n) is 10.5. The summed E-state index contributed by atoms with van der Waals surface area (Å²) in [4.78, 5) is 34.1. The number of halogens is 1. The second-order valence-corrected chi connectivity index (χ2v) is 3.98. The molecule has 0 aliphatic rings. The van der Waals surface area contributed by atoms with Crippen LogP contribution in [0.2, 0.25) is 0 Å². The average molecular weight is 284 g/mol. The summed E-state index contributed by atoms with van der Waals surface area (Å²) in [6.07, 6.45) is -0.752. The number of urea groups is 1. The standard InChI is InChI=1S/C12H13FN2O5/c1-15(8-4-2-3-7(13)5-8)12(20)14-9(11(18)19)6-10(16)17/h2-5,9H,6H2,1H3,(H,14,20)(H,16,17)(H,18,19)/t9-/m1/s1. The molecule has 2 amide bonds. The summed E-state index contributed by atoms with van der Waals surface area (Å²) in [5, 5.41) is 19.4. The molecule has 108 valence electrons. The Morgan fingerprint density at radius 3 is 2.50 bits per heavy atom. The smallest absolute Gasteiger partial charge is 0.326 e. The first-order chi connectivity index (χ1) is 9.31. The van der Waals surface area contributed by atoms with Crippen molar-refractivity contribution in [1.29, 1.82) is 0 Å². The topological polar surface area (TPSA) is 107 Å². The number of hydrogen-bond acceptors (Lipinski definition) is 3. The number of nitrogens with one attached hydrogen (secondary N) is 1. The predicted molar refractivity (Wildman–Crippen MR) is 67.0 cm³/mol. The van der Waals surface area contributed by atoms with Gasteiger partial charge >= 0.3 is 18.0 Å². The number of aliphatic carboxylic acids is 2. The maximum Gasteiger partial charge on any atom is 0.326 e. The van der Waals surface area contributed by atoms with Crippen molar-refractivity contribution in [2.45, 2.75) is 12.5 Å². The average Bonchev–Trinajstić information content (AvgIpc) is 2.36. The first kappa shape index (κ1) is 15.4. The van der Waals surface area contributed by atoms with Crippen LogP contribution in [0.15, 0.2) is 24.3 Å². The number of carbonyl (C=O) groups is 3. The molecule has 0 spiro atoms. The molecule has 3 N–H and O–H groups in total. The SMILES string of the molecule is CN(C(=O)N[C@H](CC(=O)O)C(=O)O)c1cccc(F)c1. The fraction of sp³-hybridized carbons (Fsp3) is 0.250. The van der Waals surface area contributed by atoms with Gasteiger partial charge in [0.1, 0.15) is 11.9 Å². The number of rotatable bonds is 5. The Labute approximate surface area is 113 Å². The van der Waals surface area contributed by atoms with Gasteiger partial charge in [-0.3, -0.25) is 9.69 Å². The van der Waals surface area contributed by atoms with Gasteiger partial charge in [0.2, 0.25) is 0 Å². The van der Waals surface area contributed by atoms with E-state index in [4.69, 9.17) is 10.2 Å². The summed E-state index contributed by atoms with van der Waals surface area (Å²) in [6, 6.07) is 2.72. The molecule has 0 unspecified atom stereocenters. The Morgan fingerprint density at radius 2 is 2.00 bits per heavy atom. The highest BCUT2D eigenvalue weighted by atomic mass is 19.1. The minimum Gasteiger partial charge on any atom is -0.481 e. The first-order valence-electron chi connectivity index (χ1n) is 5.55. The summed E-state index contributed by atoms with van der Waals surface area (Å²) in [5.41, 5.74) is 0.210. The molecule has 0 heterocycles. The summed E-state index contributed by atoms with van der Waals surface area (Å²) in [6.45, 7) is 0. The number of anilines is 1. The van der Waals surface area contributed by atoms with Crippen molar-refractivity contribution in [2.24, 2.45) is 0 Å². The molecular weight excluding hydrogens is 271 g/mol. The third kappa shape index (κ3) is 4.23. The molecule has 0 aliphatic heterocycles. The van der Waals surface area contributed by atoms with Crippen molar-refractivity contribution >= 4 is 23.7 Å². The van der Waals surface area contributed by atoms with E-state index in [2.05, 4.69) is 0 Å². The fourth-order valence-electron chi connectivity index (χ4n) is 1.42. The van der Waals surface area contributed by atoms with Gasteiger partial charge in [-0.1, -0.05) is 6.07 Å². The van der Waals surface area contributed by atoms with E-state index in [9.17, 15) is 18.8 Å². The van der Waals surface area contributed by atoms with Crippen LogP contribution in [0.3, 0.4) is 0 Å². The maximum atomic E-state index is 13.0. The van der Waals surface area contributed by atoms with Crippen LogP contribution in [-0.2, 0) is 9.59 Å². The van der Waals surface area contributed by atoms with Crippen LogP contribution in [0.25, 0.3) is 0 Å². The predicted octanol–water partition coefficient (Wildman–Crippen LogP) is 0.899. The molecule has 1 aromatic carbocycles. The monoisotopic (exact) mass is 284 g/mol. The second kappa shape index (κ2) is 6.50. The number of benzene rings is 1. The summed E-state index contributed by atoms with van der Waals surface area (Å²) < 4.78 is 13.0. The summed E-state index contributed by atoms with van der Waals surface area (Å²) in [5.74, 6) is -3.37. The van der Waals surface area contributed by atoms with Crippen LogP contribution in [0.4, 0.5) is 14.9 Å². The zero-order chi connectivity index (χ0) is 15.3. The lowest BCUT2D eigenvalue weighted by atomic mass is 10.2. The summed E-state index contributed by atoms with van der Waals surface area (Å²) in [7, 11) is 1.31. The Bertz CT molecular complexity index is 534. The van der Waals surface area contributed by atoms with Crippen molar-refractivity contribution in [3.05, 3.63) is 30.1 Å². The molecule has 0 aliphatic carbocycles. The zero-order valence-corrected chi connectivity index (χ0v) is 10.5. The third-order valence-electron chi connectivity index (χ3n) is 2.47. The van der Waals surface area contributed by atoms with Gasteiger partial charge in [0.15, 0.2) is 0 Å². The van der Waals surface area contributed by atoms with Crippen molar-refractivity contribution < 1.29 is 29.0 Å². The van der Waals surface area contributed by atoms with Gasteiger partial charge in [-0.2, -0.15) is 0 Å². The molecule has 0 aromatic heterocycles. The largest absolute Gasteiger partial charge is 0.481 e. The van der Waals surface area contributed by atoms with Gasteiger partial charge in [0, 0.05) is 12.7 Å². The second-order valence-electron chi connectivity index (χ2n) is 3.98. The first-order valence-corrected chi connectivity index (χ1v) is 5.55. The van der Waals surface area contributed by atoms with Crippen LogP contribution in [-0.4, -0.2) is 41.3 Å². The molecule has 1 atom stereocenters. The lowest BCUT2D eigenvalue weighted by molar-refractivity contribution is -0.145. The molecule has 0 saturated carbocycles. The highest BCUT2D eigenvalue weighted by Crippen LogP contribution is 2.14. The van der Waals surface area contributed by atoms with E-state index in [1.807, 2.05) is 5.32 Å². The summed E-state index contributed by atoms with van der Waals surface area (Å²) >= 11 is 0. The van der Waals surface area contributed by atoms with Crippen LogP contribution in [0.1, 0.15) is 6.42 Å². The van der Waals surface area contributed by atoms with E-state index in [0.717, 1.165) is 11.0 Å². The van der Waals surface area contributed by atoms with E-state index in [-0.39, 0.29) is 5.69 Å². The highest BCUT2D eigenvalue weighted by Gasteiger charge is 2.24. The van der Waals surface area contributed by atoms with Crippen LogP contribution in [0, 0.1) is 5.82 Å². The van der Waals surface area contributed by atoms with Crippen LogP contribution < -0.4 is 10.2 Å². The molecule has 1 aromatic rings. The number of nitrogens with zero attached hydrogens (tertiary/aromatic N) is 1. The minimum atomic E-state index is -1.56. The molecule has 20 heavy (non-hydrogen) atoms. The lowest BCUT2D eigenvalue weighted by Crippen LogP contribution is -2.47. The van der Waals surface area contributed by atoms with Gasteiger partial charge in [-0.05, 0) is 18.2 Å². The Kier molecular flexibility index (Phi) is 5.01. The van der Waals surface area contributed by atoms with E-state index >= 15 is 0 Å². The third-order valence-corrected chi connectivity index (χ3v) is 2.47. The highest BCUT2D eigenvalue weighted by molar-refractivity contribution is 5.94. The fourth-order valence-corrected chi connectivity index (χ4v) is 1.42. The molecule has 0 saturated heterocycles. The van der Waals surface area contributed by atoms with Crippen LogP contribution >= 0.6 is 0 Å². The molecule has 8 heteroatoms. The Balaban J connectivity index is 2.78. The van der Waals surface area contributed by atoms with Crippen molar-refractivity contribution in [3.63, 3.8) is 0 Å². The number of hydrogen-bond donors (Lipinski definition) is 3. The van der Waals surface area contributed by atoms with Gasteiger partial charge in [0.25, 0.3) is 0 Å². The van der Waals surface area contributed by atoms with Gasteiger partial charge in [-0.25, -0.2) is 14.0 Å². The van der Waals surface area contributed by atoms with Crippen molar-refractivity contribution in [2.75, 3.05) is 11.9 Å². The molecular formula is C12H13FN2O5. The van der Waals surface area contributed by atoms with Gasteiger partial charge < -0.3 is 15.5 Å². The molecule has 0 radical (unpaired) electrons. The molecule has 7 nitrogen and oxygen atoms in total. The van der Waals surface area contributed by atoms with E-state index < -0.39 is 36.2 Å². The minimum absolute atomic E-state index is 0.210. The van der Waals surface area contributed by atoms with E-state index in [1.54, 1.807) is 0 Å². The Morgan fingerprint density at radius 1 is 1.35 bits per heavy atom. The normalized spacial score (nSPS) is 11.5. The number of carboxylic acids is 2. The van der Waals surface area contributed by atoms with Crippen LogP contribution in [0.5, 0.6) is 0 Å². The Hall–Kier alpha value is -2.64. The van der Waals surface area contributed by atoms with E-state index in [1.165, 1.54) is 25.2 Å². The van der Waals surface area contributed by atoms with Crippen molar-refractivity contribution in [1.82, 2.24) is 5.32 Å². The molecule has 1 rings (SSSR count). The number of amides is 2. The van der Waals surface area contributed by atoms with E-state index in [0.29, 0.717) is 0 Å². The lowest BCUT2D eigenvalue weighted by Gasteiger charge is -2.20. The van der Waals surface area contributed by atoms with Gasteiger partial charge in [0.05, 0.1) is 6.42 Å². The molecule has 0 bridgehead atoms. The number of carbonyl (C=O) groups excluding carboxylic acids is 1.